The molecule has 0 aliphatic rings. The summed E-state index contributed by atoms with van der Waals surface area (Å²) in [6.45, 7) is 1.91. The predicted molar refractivity (Wildman–Crippen MR) is 83.6 cm³/mol. The Morgan fingerprint density at radius 3 is 2.35 bits per heavy atom. The van der Waals surface area contributed by atoms with Crippen molar-refractivity contribution in [3.8, 4) is 0 Å². The van der Waals surface area contributed by atoms with E-state index in [1.54, 1.807) is 6.07 Å². The van der Waals surface area contributed by atoms with Gasteiger partial charge in [0.05, 0.1) is 14.7 Å². The van der Waals surface area contributed by atoms with Crippen molar-refractivity contribution in [2.75, 3.05) is 0 Å². The lowest BCUT2D eigenvalue weighted by Gasteiger charge is -2.13. The van der Waals surface area contributed by atoms with Crippen molar-refractivity contribution in [3.05, 3.63) is 54.1 Å². The summed E-state index contributed by atoms with van der Waals surface area (Å²) >= 11 is 14.0. The number of rotatable bonds is 2. The molecule has 0 bridgehead atoms. The number of aryl methyl sites for hydroxylation is 1. The summed E-state index contributed by atoms with van der Waals surface area (Å²) in [6, 6.07) is 5.94. The normalized spacial score (nSPS) is 13.6. The molecule has 0 aliphatic heterocycles. The van der Waals surface area contributed by atoms with Crippen LogP contribution in [-0.2, 0) is 6.18 Å². The van der Waals surface area contributed by atoms with Crippen molar-refractivity contribution >= 4 is 54.8 Å². The maximum atomic E-state index is 12.9. The van der Waals surface area contributed by atoms with Gasteiger partial charge >= 0.3 is 6.18 Å². The fraction of sp³-hybridized carbons (Fsp3) is 0.231. The second-order valence-corrected chi connectivity index (χ2v) is 7.90. The molecule has 1 atom stereocenters. The smallest absolute Gasteiger partial charge is 0.166 e. The first kappa shape index (κ1) is 16.3. The van der Waals surface area contributed by atoms with E-state index in [0.717, 1.165) is 20.3 Å². The third kappa shape index (κ3) is 3.40. The third-order valence-corrected chi connectivity index (χ3v) is 6.22. The van der Waals surface area contributed by atoms with Crippen LogP contribution in [-0.4, -0.2) is 0 Å². The largest absolute Gasteiger partial charge is 0.417 e. The van der Waals surface area contributed by atoms with Crippen LogP contribution in [0.3, 0.4) is 0 Å². The molecule has 0 spiro atoms. The fourth-order valence-electron chi connectivity index (χ4n) is 1.69. The van der Waals surface area contributed by atoms with Crippen LogP contribution in [0.2, 0.25) is 0 Å². The van der Waals surface area contributed by atoms with Crippen molar-refractivity contribution in [2.45, 2.75) is 18.5 Å². The van der Waals surface area contributed by atoms with Crippen LogP contribution in [0.4, 0.5) is 13.2 Å². The number of thiophene rings is 1. The maximum Gasteiger partial charge on any atom is 0.417 e. The maximum absolute atomic E-state index is 12.9. The van der Waals surface area contributed by atoms with E-state index < -0.39 is 17.1 Å². The topological polar surface area (TPSA) is 0 Å². The highest BCUT2D eigenvalue weighted by atomic mass is 79.9. The molecule has 2 rings (SSSR count). The highest BCUT2D eigenvalue weighted by molar-refractivity contribution is 9.11. The van der Waals surface area contributed by atoms with Gasteiger partial charge in [0.25, 0.3) is 0 Å². The highest BCUT2D eigenvalue weighted by Gasteiger charge is 2.33. The lowest BCUT2D eigenvalue weighted by Crippen LogP contribution is -2.07. The molecule has 1 unspecified atom stereocenters. The molecule has 0 saturated heterocycles. The Morgan fingerprint density at radius 1 is 1.20 bits per heavy atom. The van der Waals surface area contributed by atoms with Crippen LogP contribution in [0.25, 0.3) is 0 Å². The minimum Gasteiger partial charge on any atom is -0.166 e. The first-order valence-electron chi connectivity index (χ1n) is 5.46. The molecule has 1 aromatic heterocycles. The average Bonchev–Trinajstić information content (AvgIpc) is 2.68. The van der Waals surface area contributed by atoms with Gasteiger partial charge in [-0.2, -0.15) is 13.2 Å². The number of halogens is 6. The van der Waals surface area contributed by atoms with Gasteiger partial charge in [0.15, 0.2) is 0 Å². The van der Waals surface area contributed by atoms with E-state index in [-0.39, 0.29) is 4.47 Å². The Balaban J connectivity index is 2.43. The Labute approximate surface area is 140 Å². The molecule has 0 aliphatic carbocycles. The van der Waals surface area contributed by atoms with Crippen LogP contribution >= 0.6 is 54.8 Å². The summed E-state index contributed by atoms with van der Waals surface area (Å²) in [7, 11) is 0. The lowest BCUT2D eigenvalue weighted by molar-refractivity contribution is -0.138. The molecule has 2 aromatic rings. The van der Waals surface area contributed by atoms with Crippen LogP contribution in [0.5, 0.6) is 0 Å². The van der Waals surface area contributed by atoms with E-state index in [0.29, 0.717) is 5.56 Å². The van der Waals surface area contributed by atoms with Gasteiger partial charge in [-0.05, 0) is 52.2 Å². The predicted octanol–water partition coefficient (Wildman–Crippen LogP) is 6.93. The summed E-state index contributed by atoms with van der Waals surface area (Å²) < 4.78 is 39.6. The quantitative estimate of drug-likeness (QED) is 0.437. The summed E-state index contributed by atoms with van der Waals surface area (Å²) in [5, 5.41) is -0.598. The number of hydrogen-bond acceptors (Lipinski definition) is 1. The van der Waals surface area contributed by atoms with Crippen molar-refractivity contribution in [2.24, 2.45) is 0 Å². The van der Waals surface area contributed by atoms with Crippen LogP contribution in [0, 0.1) is 6.92 Å². The zero-order valence-electron chi connectivity index (χ0n) is 10.1. The average molecular weight is 449 g/mol. The monoisotopic (exact) mass is 446 g/mol. The van der Waals surface area contributed by atoms with E-state index >= 15 is 0 Å². The van der Waals surface area contributed by atoms with Gasteiger partial charge in [0.1, 0.15) is 0 Å². The van der Waals surface area contributed by atoms with Gasteiger partial charge in [0, 0.05) is 9.35 Å². The van der Waals surface area contributed by atoms with E-state index in [2.05, 4.69) is 31.9 Å². The minimum atomic E-state index is -4.41. The summed E-state index contributed by atoms with van der Waals surface area (Å²) in [5.74, 6) is 0. The zero-order chi connectivity index (χ0) is 15.1. The SMILES string of the molecule is Cc1cc(C(Cl)c2ccc(Br)c(C(F)(F)F)c2)sc1Br. The van der Waals surface area contributed by atoms with Crippen molar-refractivity contribution in [1.29, 1.82) is 0 Å². The molecule has 108 valence electrons. The van der Waals surface area contributed by atoms with E-state index in [9.17, 15) is 13.2 Å². The molecular weight excluding hydrogens is 440 g/mol. The Morgan fingerprint density at radius 2 is 1.85 bits per heavy atom. The molecule has 1 aromatic carbocycles. The Kier molecular flexibility index (Phi) is 4.89. The van der Waals surface area contributed by atoms with Gasteiger partial charge in [0.2, 0.25) is 0 Å². The second kappa shape index (κ2) is 5.99. The molecule has 0 nitrogen and oxygen atoms in total. The van der Waals surface area contributed by atoms with Gasteiger partial charge < -0.3 is 0 Å². The van der Waals surface area contributed by atoms with Crippen molar-refractivity contribution < 1.29 is 13.2 Å². The highest BCUT2D eigenvalue weighted by Crippen LogP contribution is 2.41. The molecular formula is C13H8Br2ClF3S. The van der Waals surface area contributed by atoms with E-state index in [1.165, 1.54) is 17.4 Å². The van der Waals surface area contributed by atoms with Crippen molar-refractivity contribution in [1.82, 2.24) is 0 Å². The van der Waals surface area contributed by atoms with Gasteiger partial charge in [-0.1, -0.05) is 22.0 Å². The summed E-state index contributed by atoms with van der Waals surface area (Å²) in [6.07, 6.45) is -4.41. The van der Waals surface area contributed by atoms with Crippen molar-refractivity contribution in [3.63, 3.8) is 0 Å². The molecule has 0 radical (unpaired) electrons. The van der Waals surface area contributed by atoms with Gasteiger partial charge in [-0.15, -0.1) is 22.9 Å². The molecule has 20 heavy (non-hydrogen) atoms. The Bertz CT molecular complexity index is 618. The number of hydrogen-bond donors (Lipinski definition) is 0. The first-order chi connectivity index (χ1) is 9.20. The zero-order valence-corrected chi connectivity index (χ0v) is 14.8. The van der Waals surface area contributed by atoms with Gasteiger partial charge in [-0.25, -0.2) is 0 Å². The molecule has 0 saturated carbocycles. The molecule has 0 fully saturated rings. The molecule has 1 heterocycles. The van der Waals surface area contributed by atoms with E-state index in [1.807, 2.05) is 13.0 Å². The van der Waals surface area contributed by atoms with Crippen LogP contribution < -0.4 is 0 Å². The van der Waals surface area contributed by atoms with Crippen LogP contribution in [0.1, 0.15) is 26.9 Å². The van der Waals surface area contributed by atoms with Gasteiger partial charge in [-0.3, -0.25) is 0 Å². The van der Waals surface area contributed by atoms with E-state index in [4.69, 9.17) is 11.6 Å². The molecule has 7 heteroatoms. The minimum absolute atomic E-state index is 0.0150. The summed E-state index contributed by atoms with van der Waals surface area (Å²) in [5.41, 5.74) is 0.729. The fourth-order valence-corrected chi connectivity index (χ4v) is 4.07. The standard InChI is InChI=1S/C13H8Br2ClF3S/c1-6-4-10(20-12(6)15)11(16)7-2-3-9(14)8(5-7)13(17,18)19/h2-5,11H,1H3. The molecule has 0 N–H and O–H groups in total. The lowest BCUT2D eigenvalue weighted by atomic mass is 10.1. The first-order valence-corrected chi connectivity index (χ1v) is 8.30. The number of benzene rings is 1. The Hall–Kier alpha value is -0.0400. The summed E-state index contributed by atoms with van der Waals surface area (Å²) in [4.78, 5) is 0.812. The van der Waals surface area contributed by atoms with Crippen LogP contribution in [0.15, 0.2) is 32.5 Å². The molecule has 0 amide bonds. The number of alkyl halides is 4. The second-order valence-electron chi connectivity index (χ2n) is 4.21. The third-order valence-electron chi connectivity index (χ3n) is 2.71.